The van der Waals surface area contributed by atoms with E-state index in [0.717, 1.165) is 23.6 Å². The molecule has 0 bridgehead atoms. The van der Waals surface area contributed by atoms with Gasteiger partial charge >= 0.3 is 16.9 Å². The molecule has 0 saturated carbocycles. The molecule has 3 aromatic rings. The highest BCUT2D eigenvalue weighted by Crippen LogP contribution is 2.30. The van der Waals surface area contributed by atoms with Crippen molar-refractivity contribution in [2.24, 2.45) is 0 Å². The molecule has 1 aromatic heterocycles. The highest BCUT2D eigenvalue weighted by Gasteiger charge is 2.19. The van der Waals surface area contributed by atoms with Crippen molar-refractivity contribution in [2.45, 2.75) is 19.8 Å². The van der Waals surface area contributed by atoms with Gasteiger partial charge in [0.05, 0.1) is 11.5 Å². The van der Waals surface area contributed by atoms with E-state index in [4.69, 9.17) is 4.74 Å². The number of unbranched alkanes of at least 4 members (excludes halogenated alkanes) is 1. The Morgan fingerprint density at radius 3 is 2.64 bits per heavy atom. The number of ether oxygens (including phenoxy) is 1. The summed E-state index contributed by atoms with van der Waals surface area (Å²) in [5.41, 5.74) is -2.04. The molecule has 2 N–H and O–H groups in total. The fourth-order valence-electron chi connectivity index (χ4n) is 2.87. The van der Waals surface area contributed by atoms with Crippen molar-refractivity contribution in [1.29, 1.82) is 0 Å². The van der Waals surface area contributed by atoms with E-state index >= 15 is 0 Å². The van der Waals surface area contributed by atoms with Gasteiger partial charge in [-0.25, -0.2) is 4.79 Å². The van der Waals surface area contributed by atoms with Gasteiger partial charge in [0.15, 0.2) is 0 Å². The molecule has 8 nitrogen and oxygen atoms in total. The van der Waals surface area contributed by atoms with Crippen LogP contribution in [0.25, 0.3) is 22.9 Å². The molecule has 144 valence electrons. The topological polar surface area (TPSA) is 118 Å². The average molecular weight is 381 g/mol. The van der Waals surface area contributed by atoms with Crippen LogP contribution >= 0.6 is 0 Å². The Balaban J connectivity index is 2.13. The number of aromatic amines is 2. The first-order valence-electron chi connectivity index (χ1n) is 8.85. The predicted molar refractivity (Wildman–Crippen MR) is 108 cm³/mol. The molecule has 8 heteroatoms. The van der Waals surface area contributed by atoms with Crippen LogP contribution in [0.3, 0.4) is 0 Å². The number of hydrogen-bond acceptors (Lipinski definition) is 5. The molecule has 0 fully saturated rings. The highest BCUT2D eigenvalue weighted by molar-refractivity contribution is 5.95. The first-order valence-corrected chi connectivity index (χ1v) is 8.85. The first-order chi connectivity index (χ1) is 13.5. The molecule has 0 aliphatic rings. The van der Waals surface area contributed by atoms with E-state index in [0.29, 0.717) is 17.9 Å². The SMILES string of the molecule is CCCCOc1ccc2ccccc2c1/C=C/c1[nH]c(=O)[nH]c(=O)c1[N+](=O)[O-]. The summed E-state index contributed by atoms with van der Waals surface area (Å²) in [6, 6.07) is 11.4. The molecule has 0 saturated heterocycles. The molecular formula is C20H19N3O5. The summed E-state index contributed by atoms with van der Waals surface area (Å²) >= 11 is 0. The Labute approximate surface area is 159 Å². The maximum absolute atomic E-state index is 11.8. The maximum Gasteiger partial charge on any atom is 0.357 e. The van der Waals surface area contributed by atoms with Crippen LogP contribution in [0.4, 0.5) is 5.69 Å². The second-order valence-corrected chi connectivity index (χ2v) is 6.16. The van der Waals surface area contributed by atoms with Crippen LogP contribution in [-0.2, 0) is 0 Å². The van der Waals surface area contributed by atoms with E-state index in [9.17, 15) is 19.7 Å². The summed E-state index contributed by atoms with van der Waals surface area (Å²) in [5.74, 6) is 0.623. The second kappa shape index (κ2) is 8.34. The zero-order valence-electron chi connectivity index (χ0n) is 15.2. The minimum atomic E-state index is -1.05. The first kappa shape index (κ1) is 19.1. The molecule has 0 aliphatic carbocycles. The molecular weight excluding hydrogens is 362 g/mol. The minimum absolute atomic E-state index is 0.175. The molecule has 1 heterocycles. The normalized spacial score (nSPS) is 11.2. The number of aromatic nitrogens is 2. The standard InChI is InChI=1S/C20H19N3O5/c1-2-3-12-28-17-11-8-13-6-4-5-7-14(13)15(17)9-10-16-18(23(26)27)19(24)22-20(25)21-16/h4-11H,2-3,12H2,1H3,(H2,21,22,24,25)/b10-9+. The van der Waals surface area contributed by atoms with Crippen LogP contribution in [0.1, 0.15) is 31.0 Å². The zero-order chi connectivity index (χ0) is 20.1. The Morgan fingerprint density at radius 2 is 1.89 bits per heavy atom. The number of nitro groups is 1. The smallest absolute Gasteiger partial charge is 0.357 e. The van der Waals surface area contributed by atoms with E-state index in [1.165, 1.54) is 6.08 Å². The zero-order valence-corrected chi connectivity index (χ0v) is 15.2. The summed E-state index contributed by atoms with van der Waals surface area (Å²) in [6.07, 6.45) is 4.84. The van der Waals surface area contributed by atoms with Crippen LogP contribution < -0.4 is 16.0 Å². The van der Waals surface area contributed by atoms with Gasteiger partial charge in [-0.3, -0.25) is 19.9 Å². The van der Waals surface area contributed by atoms with Gasteiger partial charge in [0.25, 0.3) is 0 Å². The number of benzene rings is 2. The fraction of sp³-hybridized carbons (Fsp3) is 0.200. The van der Waals surface area contributed by atoms with Gasteiger partial charge in [0.1, 0.15) is 11.4 Å². The van der Waals surface area contributed by atoms with Crippen LogP contribution in [0.5, 0.6) is 5.75 Å². The van der Waals surface area contributed by atoms with E-state index < -0.39 is 21.9 Å². The van der Waals surface area contributed by atoms with Gasteiger partial charge in [0, 0.05) is 5.56 Å². The van der Waals surface area contributed by atoms with Crippen molar-refractivity contribution in [3.63, 3.8) is 0 Å². The van der Waals surface area contributed by atoms with E-state index in [-0.39, 0.29) is 5.69 Å². The third-order valence-electron chi connectivity index (χ3n) is 4.23. The Bertz CT molecular complexity index is 1160. The van der Waals surface area contributed by atoms with Crippen LogP contribution in [0.15, 0.2) is 46.0 Å². The lowest BCUT2D eigenvalue weighted by molar-refractivity contribution is -0.386. The van der Waals surface area contributed by atoms with E-state index in [1.807, 2.05) is 41.4 Å². The number of hydrogen-bond donors (Lipinski definition) is 2. The summed E-state index contributed by atoms with van der Waals surface area (Å²) < 4.78 is 5.87. The van der Waals surface area contributed by atoms with Gasteiger partial charge in [-0.15, -0.1) is 0 Å². The molecule has 0 amide bonds. The number of H-pyrrole nitrogens is 2. The minimum Gasteiger partial charge on any atom is -0.493 e. The molecule has 0 aliphatic heterocycles. The second-order valence-electron chi connectivity index (χ2n) is 6.16. The van der Waals surface area contributed by atoms with Gasteiger partial charge in [-0.1, -0.05) is 43.7 Å². The molecule has 28 heavy (non-hydrogen) atoms. The van der Waals surface area contributed by atoms with Crippen molar-refractivity contribution in [3.05, 3.63) is 78.6 Å². The lowest BCUT2D eigenvalue weighted by Gasteiger charge is -2.12. The van der Waals surface area contributed by atoms with Crippen molar-refractivity contribution in [3.8, 4) is 5.75 Å². The number of nitrogens with zero attached hydrogens (tertiary/aromatic N) is 1. The molecule has 0 radical (unpaired) electrons. The Kier molecular flexibility index (Phi) is 5.69. The lowest BCUT2D eigenvalue weighted by atomic mass is 10.0. The number of rotatable bonds is 7. The summed E-state index contributed by atoms with van der Waals surface area (Å²) in [5, 5.41) is 13.1. The third kappa shape index (κ3) is 4.01. The molecule has 3 rings (SSSR count). The van der Waals surface area contributed by atoms with Crippen LogP contribution in [-0.4, -0.2) is 21.5 Å². The Morgan fingerprint density at radius 1 is 1.11 bits per heavy atom. The van der Waals surface area contributed by atoms with Gasteiger partial charge in [0.2, 0.25) is 0 Å². The summed E-state index contributed by atoms with van der Waals surface area (Å²) in [7, 11) is 0. The van der Waals surface area contributed by atoms with Crippen LogP contribution in [0, 0.1) is 10.1 Å². The Hall–Kier alpha value is -3.68. The fourth-order valence-corrected chi connectivity index (χ4v) is 2.87. The van der Waals surface area contributed by atoms with Crippen molar-refractivity contribution >= 4 is 28.6 Å². The summed E-state index contributed by atoms with van der Waals surface area (Å²) in [4.78, 5) is 37.9. The van der Waals surface area contributed by atoms with Gasteiger partial charge in [-0.05, 0) is 35.4 Å². The molecule has 2 aromatic carbocycles. The van der Waals surface area contributed by atoms with Gasteiger partial charge < -0.3 is 9.72 Å². The largest absolute Gasteiger partial charge is 0.493 e. The average Bonchev–Trinajstić information content (AvgIpc) is 2.66. The van der Waals surface area contributed by atoms with Crippen LogP contribution in [0.2, 0.25) is 0 Å². The third-order valence-corrected chi connectivity index (χ3v) is 4.23. The predicted octanol–water partition coefficient (Wildman–Crippen LogP) is 3.47. The monoisotopic (exact) mass is 381 g/mol. The van der Waals surface area contributed by atoms with Crippen molar-refractivity contribution in [1.82, 2.24) is 9.97 Å². The van der Waals surface area contributed by atoms with Crippen molar-refractivity contribution in [2.75, 3.05) is 6.61 Å². The highest BCUT2D eigenvalue weighted by atomic mass is 16.6. The molecule has 0 unspecified atom stereocenters. The molecule has 0 spiro atoms. The lowest BCUT2D eigenvalue weighted by Crippen LogP contribution is -2.25. The number of fused-ring (bicyclic) bond motifs is 1. The van der Waals surface area contributed by atoms with Crippen molar-refractivity contribution < 1.29 is 9.66 Å². The summed E-state index contributed by atoms with van der Waals surface area (Å²) in [6.45, 7) is 2.60. The van der Waals surface area contributed by atoms with E-state index in [2.05, 4.69) is 11.9 Å². The van der Waals surface area contributed by atoms with E-state index in [1.54, 1.807) is 6.08 Å². The van der Waals surface area contributed by atoms with Gasteiger partial charge in [-0.2, -0.15) is 0 Å². The maximum atomic E-state index is 11.8. The number of nitrogens with one attached hydrogen (secondary N) is 2. The quantitative estimate of drug-likeness (QED) is 0.369. The molecule has 0 atom stereocenters.